The summed E-state index contributed by atoms with van der Waals surface area (Å²) in [5, 5.41) is 3.40. The molecule has 1 unspecified atom stereocenters. The van der Waals surface area contributed by atoms with Gasteiger partial charge < -0.3 is 5.32 Å². The number of halogens is 3. The van der Waals surface area contributed by atoms with E-state index in [9.17, 15) is 31.2 Å². The van der Waals surface area contributed by atoms with Crippen LogP contribution in [0.2, 0.25) is 0 Å². The first-order chi connectivity index (χ1) is 15.9. The Bertz CT molecular complexity index is 1340. The molecule has 34 heavy (non-hydrogen) atoms. The van der Waals surface area contributed by atoms with Crippen LogP contribution in [0.3, 0.4) is 0 Å². The van der Waals surface area contributed by atoms with Crippen molar-refractivity contribution in [3.63, 3.8) is 0 Å². The minimum absolute atomic E-state index is 0.122. The molecule has 0 saturated heterocycles. The summed E-state index contributed by atoms with van der Waals surface area (Å²) in [6.45, 7) is 7.45. The monoisotopic (exact) mass is 492 g/mol. The van der Waals surface area contributed by atoms with Crippen molar-refractivity contribution in [3.8, 4) is 0 Å². The van der Waals surface area contributed by atoms with Crippen LogP contribution in [0, 0.1) is 17.5 Å². The molecule has 0 radical (unpaired) electrons. The van der Waals surface area contributed by atoms with Gasteiger partial charge in [0.15, 0.2) is 27.3 Å². The number of nitrogens with one attached hydrogen (secondary N) is 1. The number of imide groups is 1. The van der Waals surface area contributed by atoms with E-state index in [-0.39, 0.29) is 17.5 Å². The fourth-order valence-electron chi connectivity index (χ4n) is 4.35. The van der Waals surface area contributed by atoms with Gasteiger partial charge in [-0.05, 0) is 23.0 Å². The lowest BCUT2D eigenvalue weighted by atomic mass is 9.92. The molecule has 0 bridgehead atoms. The molecule has 4 rings (SSSR count). The summed E-state index contributed by atoms with van der Waals surface area (Å²) in [4.78, 5) is 27.7. The summed E-state index contributed by atoms with van der Waals surface area (Å²) in [5.41, 5.74) is -0.748. The van der Waals surface area contributed by atoms with E-state index in [0.29, 0.717) is 11.1 Å². The smallest absolute Gasteiger partial charge is 0.269 e. The maximum Gasteiger partial charge on any atom is 0.269 e. The van der Waals surface area contributed by atoms with Gasteiger partial charge in [0, 0.05) is 5.41 Å². The second kappa shape index (κ2) is 8.26. The maximum absolute atomic E-state index is 14.9. The highest BCUT2D eigenvalue weighted by Crippen LogP contribution is 2.43. The Kier molecular flexibility index (Phi) is 5.83. The van der Waals surface area contributed by atoms with Crippen molar-refractivity contribution < 1.29 is 31.2 Å². The van der Waals surface area contributed by atoms with Gasteiger partial charge in [0.05, 0.1) is 34.3 Å². The average Bonchev–Trinajstić information content (AvgIpc) is 3.23. The lowest BCUT2D eigenvalue weighted by Crippen LogP contribution is -2.32. The molecule has 1 atom stereocenters. The number of para-hydroxylation sites is 1. The maximum atomic E-state index is 14.9. The fraction of sp³-hybridized carbons (Fsp3) is 0.333. The Labute approximate surface area is 195 Å². The summed E-state index contributed by atoms with van der Waals surface area (Å²) in [6, 6.07) is 4.27. The standard InChI is InChI=1S/C24H23F3N2O4S/c1-11(2)14-6-5-7-15(12(3)4)22(14)29-23(30)16-17(24(29)31)21(20(27)19(26)18(16)25)28-13-8-9-34(32,33)10-13/h5-9,11-13,28H,10H2,1-4H3. The highest BCUT2D eigenvalue weighted by Gasteiger charge is 2.46. The summed E-state index contributed by atoms with van der Waals surface area (Å²) in [7, 11) is -3.56. The van der Waals surface area contributed by atoms with Crippen molar-refractivity contribution in [3.05, 3.63) is 69.4 Å². The number of hydrogen-bond donors (Lipinski definition) is 1. The summed E-state index contributed by atoms with van der Waals surface area (Å²) >= 11 is 0. The number of hydrogen-bond acceptors (Lipinski definition) is 5. The number of anilines is 2. The normalized spacial score (nSPS) is 19.0. The van der Waals surface area contributed by atoms with Crippen molar-refractivity contribution in [1.29, 1.82) is 0 Å². The number of sulfone groups is 1. The Morgan fingerprint density at radius 1 is 0.912 bits per heavy atom. The largest absolute Gasteiger partial charge is 0.375 e. The van der Waals surface area contributed by atoms with Gasteiger partial charge in [0.2, 0.25) is 0 Å². The van der Waals surface area contributed by atoms with Crippen LogP contribution in [0.4, 0.5) is 24.5 Å². The van der Waals surface area contributed by atoms with Crippen molar-refractivity contribution in [2.75, 3.05) is 16.0 Å². The lowest BCUT2D eigenvalue weighted by Gasteiger charge is -2.25. The summed E-state index contributed by atoms with van der Waals surface area (Å²) in [5.74, 6) is -8.20. The third-order valence-corrected chi connectivity index (χ3v) is 7.38. The topological polar surface area (TPSA) is 83.6 Å². The number of carbonyl (C=O) groups is 2. The third-order valence-electron chi connectivity index (χ3n) is 5.98. The number of amides is 2. The van der Waals surface area contributed by atoms with Gasteiger partial charge >= 0.3 is 0 Å². The van der Waals surface area contributed by atoms with Gasteiger partial charge in [-0.25, -0.2) is 26.5 Å². The van der Waals surface area contributed by atoms with E-state index in [2.05, 4.69) is 5.32 Å². The molecular weight excluding hydrogens is 469 g/mol. The first-order valence-corrected chi connectivity index (χ1v) is 12.5. The van der Waals surface area contributed by atoms with Gasteiger partial charge in [0.1, 0.15) is 0 Å². The van der Waals surface area contributed by atoms with Crippen LogP contribution >= 0.6 is 0 Å². The van der Waals surface area contributed by atoms with E-state index in [1.165, 1.54) is 6.08 Å². The molecule has 2 aromatic rings. The minimum atomic E-state index is -3.56. The van der Waals surface area contributed by atoms with Crippen molar-refractivity contribution in [2.45, 2.75) is 45.6 Å². The molecular formula is C24H23F3N2O4S. The van der Waals surface area contributed by atoms with Gasteiger partial charge in [-0.15, -0.1) is 0 Å². The average molecular weight is 493 g/mol. The van der Waals surface area contributed by atoms with E-state index in [4.69, 9.17) is 0 Å². The zero-order valence-corrected chi connectivity index (χ0v) is 19.8. The number of nitrogens with zero attached hydrogens (tertiary/aromatic N) is 1. The van der Waals surface area contributed by atoms with Crippen molar-refractivity contribution >= 4 is 33.0 Å². The molecule has 2 amide bonds. The van der Waals surface area contributed by atoms with Gasteiger partial charge in [-0.1, -0.05) is 52.0 Å². The Morgan fingerprint density at radius 3 is 1.97 bits per heavy atom. The molecule has 0 aromatic heterocycles. The molecule has 0 aliphatic carbocycles. The highest BCUT2D eigenvalue weighted by atomic mass is 32.2. The third kappa shape index (κ3) is 3.70. The van der Waals surface area contributed by atoms with Crippen LogP contribution in [0.1, 0.15) is 71.4 Å². The SMILES string of the molecule is CC(C)c1cccc(C(C)C)c1N1C(=O)c2c(F)c(F)c(F)c(NC3C=CS(=O)(=O)C3)c2C1=O. The van der Waals surface area contributed by atoms with Gasteiger partial charge in [-0.3, -0.25) is 9.59 Å². The van der Waals surface area contributed by atoms with Crippen molar-refractivity contribution in [2.24, 2.45) is 0 Å². The van der Waals surface area contributed by atoms with Gasteiger partial charge in [-0.2, -0.15) is 0 Å². The van der Waals surface area contributed by atoms with Crippen LogP contribution in [0.5, 0.6) is 0 Å². The molecule has 6 nitrogen and oxygen atoms in total. The number of carbonyl (C=O) groups excluding carboxylic acids is 2. The van der Waals surface area contributed by atoms with Crippen LogP contribution in [-0.2, 0) is 9.84 Å². The number of fused-ring (bicyclic) bond motifs is 1. The molecule has 10 heteroatoms. The molecule has 2 aliphatic heterocycles. The van der Waals surface area contributed by atoms with Crippen LogP contribution in [0.15, 0.2) is 29.7 Å². The molecule has 1 N–H and O–H groups in total. The number of rotatable bonds is 5. The van der Waals surface area contributed by atoms with E-state index in [1.807, 2.05) is 27.7 Å². The Morgan fingerprint density at radius 2 is 1.47 bits per heavy atom. The fourth-order valence-corrected chi connectivity index (χ4v) is 5.59. The van der Waals surface area contributed by atoms with E-state index < -0.39 is 67.7 Å². The zero-order chi connectivity index (χ0) is 25.1. The van der Waals surface area contributed by atoms with E-state index in [0.717, 1.165) is 10.3 Å². The Hall–Kier alpha value is -3.14. The number of benzene rings is 2. The quantitative estimate of drug-likeness (QED) is 0.476. The first-order valence-electron chi connectivity index (χ1n) is 10.7. The minimum Gasteiger partial charge on any atom is -0.375 e. The second-order valence-corrected chi connectivity index (χ2v) is 10.9. The molecule has 0 fully saturated rings. The summed E-state index contributed by atoms with van der Waals surface area (Å²) in [6.07, 6.45) is 1.21. The van der Waals surface area contributed by atoms with Crippen LogP contribution in [-0.4, -0.2) is 32.0 Å². The van der Waals surface area contributed by atoms with Crippen LogP contribution < -0.4 is 10.2 Å². The van der Waals surface area contributed by atoms with Crippen molar-refractivity contribution in [1.82, 2.24) is 0 Å². The van der Waals surface area contributed by atoms with E-state index >= 15 is 0 Å². The van der Waals surface area contributed by atoms with Crippen LogP contribution in [0.25, 0.3) is 0 Å². The molecule has 0 saturated carbocycles. The zero-order valence-electron chi connectivity index (χ0n) is 18.9. The first kappa shape index (κ1) is 24.0. The lowest BCUT2D eigenvalue weighted by molar-refractivity contribution is 0.0924. The van der Waals surface area contributed by atoms with E-state index in [1.54, 1.807) is 18.2 Å². The Balaban J connectivity index is 1.93. The molecule has 0 spiro atoms. The predicted molar refractivity (Wildman–Crippen MR) is 122 cm³/mol. The predicted octanol–water partition coefficient (Wildman–Crippen LogP) is 4.87. The molecule has 2 heterocycles. The molecule has 2 aromatic carbocycles. The molecule has 180 valence electrons. The molecule has 2 aliphatic rings. The second-order valence-electron chi connectivity index (χ2n) is 9.02. The summed E-state index contributed by atoms with van der Waals surface area (Å²) < 4.78 is 67.7. The highest BCUT2D eigenvalue weighted by molar-refractivity contribution is 7.94. The van der Waals surface area contributed by atoms with Gasteiger partial charge in [0.25, 0.3) is 11.8 Å².